The summed E-state index contributed by atoms with van der Waals surface area (Å²) in [4.78, 5) is 21.9. The molecule has 3 saturated heterocycles. The van der Waals surface area contributed by atoms with Crippen molar-refractivity contribution in [3.63, 3.8) is 0 Å². The van der Waals surface area contributed by atoms with Crippen molar-refractivity contribution in [3.05, 3.63) is 12.2 Å². The molecule has 1 spiro atoms. The number of hydrogen-bond acceptors (Lipinski definition) is 4. The summed E-state index contributed by atoms with van der Waals surface area (Å²) in [5, 5.41) is 0. The van der Waals surface area contributed by atoms with Crippen LogP contribution in [0, 0.1) is 0 Å². The van der Waals surface area contributed by atoms with Crippen molar-refractivity contribution in [2.45, 2.75) is 38.1 Å². The van der Waals surface area contributed by atoms with E-state index in [1.165, 1.54) is 12.8 Å². The van der Waals surface area contributed by atoms with E-state index in [1.807, 2.05) is 4.90 Å². The van der Waals surface area contributed by atoms with Gasteiger partial charge in [-0.15, -0.1) is 0 Å². The molecule has 148 valence electrons. The Morgan fingerprint density at radius 3 is 2.38 bits per heavy atom. The van der Waals surface area contributed by atoms with Crippen LogP contribution in [0.25, 0.3) is 0 Å². The predicted octanol–water partition coefficient (Wildman–Crippen LogP) is 1.88. The van der Waals surface area contributed by atoms with Crippen LogP contribution in [-0.4, -0.2) is 104 Å². The van der Waals surface area contributed by atoms with E-state index < -0.39 is 0 Å². The summed E-state index contributed by atoms with van der Waals surface area (Å²) in [7, 11) is 2.27. The fourth-order valence-electron chi connectivity index (χ4n) is 4.42. The standard InChI is InChI=1S/C20H36N4O2/c1-3-4-5-6-9-22-13-12-21(2)20(18-22)7-10-23(11-8-20)19(25)24-14-16-26-17-15-24/h5-6H,3-4,7-18H2,1-2H3. The molecule has 3 aliphatic rings. The van der Waals surface area contributed by atoms with Crippen LogP contribution in [0.2, 0.25) is 0 Å². The van der Waals surface area contributed by atoms with Crippen molar-refractivity contribution in [2.24, 2.45) is 0 Å². The second-order valence-corrected chi connectivity index (χ2v) is 8.01. The molecule has 3 heterocycles. The number of carbonyl (C=O) groups is 1. The molecule has 3 aliphatic heterocycles. The number of nitrogens with zero attached hydrogens (tertiary/aromatic N) is 4. The molecule has 3 fully saturated rings. The van der Waals surface area contributed by atoms with Crippen LogP contribution in [0.4, 0.5) is 4.79 Å². The Hall–Kier alpha value is -1.11. The van der Waals surface area contributed by atoms with Gasteiger partial charge in [0.05, 0.1) is 13.2 Å². The molecule has 0 aromatic carbocycles. The second kappa shape index (κ2) is 9.20. The lowest BCUT2D eigenvalue weighted by Crippen LogP contribution is -2.65. The first kappa shape index (κ1) is 19.6. The molecule has 6 heteroatoms. The number of piperazine rings is 1. The zero-order chi connectivity index (χ0) is 18.4. The number of likely N-dealkylation sites (N-methyl/N-ethyl adjacent to an activating group) is 1. The largest absolute Gasteiger partial charge is 0.378 e. The van der Waals surface area contributed by atoms with E-state index in [2.05, 4.69) is 40.8 Å². The number of unbranched alkanes of at least 4 members (excludes halogenated alkanes) is 1. The van der Waals surface area contributed by atoms with Gasteiger partial charge in [-0.25, -0.2) is 4.79 Å². The molecule has 0 bridgehead atoms. The quantitative estimate of drug-likeness (QED) is 0.714. The highest BCUT2D eigenvalue weighted by Crippen LogP contribution is 2.32. The van der Waals surface area contributed by atoms with Gasteiger partial charge in [-0.1, -0.05) is 25.5 Å². The summed E-state index contributed by atoms with van der Waals surface area (Å²) in [6, 6.07) is 0.209. The number of ether oxygens (including phenoxy) is 1. The van der Waals surface area contributed by atoms with Crippen LogP contribution in [0.3, 0.4) is 0 Å². The average molecular weight is 365 g/mol. The molecular formula is C20H36N4O2. The van der Waals surface area contributed by atoms with E-state index in [-0.39, 0.29) is 11.6 Å². The minimum absolute atomic E-state index is 0.209. The van der Waals surface area contributed by atoms with Crippen LogP contribution in [-0.2, 0) is 4.74 Å². The number of morpholine rings is 1. The smallest absolute Gasteiger partial charge is 0.320 e. The molecule has 0 aliphatic carbocycles. The Bertz CT molecular complexity index is 482. The van der Waals surface area contributed by atoms with Gasteiger partial charge in [-0.2, -0.15) is 0 Å². The minimum Gasteiger partial charge on any atom is -0.378 e. The third-order valence-electron chi connectivity index (χ3n) is 6.31. The molecule has 0 saturated carbocycles. The number of hydrogen-bond donors (Lipinski definition) is 0. The molecule has 0 aromatic heterocycles. The first-order valence-electron chi connectivity index (χ1n) is 10.3. The summed E-state index contributed by atoms with van der Waals surface area (Å²) in [6.45, 7) is 11.2. The molecule has 0 unspecified atom stereocenters. The second-order valence-electron chi connectivity index (χ2n) is 8.01. The van der Waals surface area contributed by atoms with E-state index in [0.29, 0.717) is 13.2 Å². The first-order chi connectivity index (χ1) is 12.6. The Kier molecular flexibility index (Phi) is 6.95. The summed E-state index contributed by atoms with van der Waals surface area (Å²) >= 11 is 0. The van der Waals surface area contributed by atoms with Gasteiger partial charge >= 0.3 is 6.03 Å². The molecule has 3 rings (SSSR count). The highest BCUT2D eigenvalue weighted by atomic mass is 16.5. The fourth-order valence-corrected chi connectivity index (χ4v) is 4.42. The highest BCUT2D eigenvalue weighted by molar-refractivity contribution is 5.74. The predicted molar refractivity (Wildman–Crippen MR) is 104 cm³/mol. The van der Waals surface area contributed by atoms with E-state index in [9.17, 15) is 4.79 Å². The molecule has 0 radical (unpaired) electrons. The van der Waals surface area contributed by atoms with Crippen LogP contribution in [0.15, 0.2) is 12.2 Å². The summed E-state index contributed by atoms with van der Waals surface area (Å²) in [5.41, 5.74) is 0.235. The van der Waals surface area contributed by atoms with Crippen molar-refractivity contribution in [2.75, 3.05) is 72.6 Å². The SMILES string of the molecule is CCCC=CCN1CCN(C)C2(CCN(C(=O)N3CCOCC3)CC2)C1. The number of rotatable bonds is 4. The number of amides is 2. The van der Waals surface area contributed by atoms with Gasteiger partial charge in [-0.05, 0) is 26.3 Å². The lowest BCUT2D eigenvalue weighted by molar-refractivity contribution is -0.0221. The lowest BCUT2D eigenvalue weighted by Gasteiger charge is -2.53. The highest BCUT2D eigenvalue weighted by Gasteiger charge is 2.43. The van der Waals surface area contributed by atoms with Crippen molar-refractivity contribution in [3.8, 4) is 0 Å². The molecule has 0 aromatic rings. The van der Waals surface area contributed by atoms with Crippen molar-refractivity contribution < 1.29 is 9.53 Å². The van der Waals surface area contributed by atoms with Crippen molar-refractivity contribution in [1.29, 1.82) is 0 Å². The Balaban J connectivity index is 1.52. The number of allylic oxidation sites excluding steroid dienone is 1. The van der Waals surface area contributed by atoms with Crippen molar-refractivity contribution in [1.82, 2.24) is 19.6 Å². The third kappa shape index (κ3) is 4.59. The first-order valence-corrected chi connectivity index (χ1v) is 10.3. The number of carbonyl (C=O) groups excluding carboxylic acids is 1. The summed E-state index contributed by atoms with van der Waals surface area (Å²) < 4.78 is 5.37. The van der Waals surface area contributed by atoms with E-state index in [0.717, 1.165) is 65.2 Å². The van der Waals surface area contributed by atoms with E-state index in [1.54, 1.807) is 0 Å². The number of piperidine rings is 1. The maximum atomic E-state index is 12.7. The Labute approximate surface area is 158 Å². The summed E-state index contributed by atoms with van der Waals surface area (Å²) in [6.07, 6.45) is 9.20. The van der Waals surface area contributed by atoms with Gasteiger partial charge in [-0.3, -0.25) is 9.80 Å². The zero-order valence-electron chi connectivity index (χ0n) is 16.7. The van der Waals surface area contributed by atoms with Gasteiger partial charge < -0.3 is 14.5 Å². The van der Waals surface area contributed by atoms with E-state index in [4.69, 9.17) is 4.74 Å². The minimum atomic E-state index is 0.209. The fraction of sp³-hybridized carbons (Fsp3) is 0.850. The van der Waals surface area contributed by atoms with Crippen LogP contribution < -0.4 is 0 Å². The van der Waals surface area contributed by atoms with Crippen LogP contribution in [0.5, 0.6) is 0 Å². The Morgan fingerprint density at radius 1 is 1.00 bits per heavy atom. The van der Waals surface area contributed by atoms with Crippen LogP contribution in [0.1, 0.15) is 32.6 Å². The zero-order valence-corrected chi connectivity index (χ0v) is 16.7. The normalized spacial score (nSPS) is 25.3. The molecule has 26 heavy (non-hydrogen) atoms. The molecule has 0 atom stereocenters. The molecular weight excluding hydrogens is 328 g/mol. The van der Waals surface area contributed by atoms with Crippen molar-refractivity contribution >= 4 is 6.03 Å². The van der Waals surface area contributed by atoms with Gasteiger partial charge in [0.2, 0.25) is 0 Å². The third-order valence-corrected chi connectivity index (χ3v) is 6.31. The van der Waals surface area contributed by atoms with Gasteiger partial charge in [0.15, 0.2) is 0 Å². The summed E-state index contributed by atoms with van der Waals surface area (Å²) in [5.74, 6) is 0. The Morgan fingerprint density at radius 2 is 1.69 bits per heavy atom. The topological polar surface area (TPSA) is 39.3 Å². The number of likely N-dealkylation sites (tertiary alicyclic amines) is 1. The maximum absolute atomic E-state index is 12.7. The monoisotopic (exact) mass is 364 g/mol. The molecule has 2 amide bonds. The molecule has 6 nitrogen and oxygen atoms in total. The molecule has 0 N–H and O–H groups in total. The van der Waals surface area contributed by atoms with Gasteiger partial charge in [0.25, 0.3) is 0 Å². The van der Waals surface area contributed by atoms with E-state index >= 15 is 0 Å². The van der Waals surface area contributed by atoms with Gasteiger partial charge in [0.1, 0.15) is 0 Å². The maximum Gasteiger partial charge on any atom is 0.320 e. The van der Waals surface area contributed by atoms with Crippen LogP contribution >= 0.6 is 0 Å². The number of urea groups is 1. The van der Waals surface area contributed by atoms with Gasteiger partial charge in [0, 0.05) is 57.9 Å². The average Bonchev–Trinajstić information content (AvgIpc) is 2.69. The lowest BCUT2D eigenvalue weighted by atomic mass is 9.83.